The maximum atomic E-state index is 12.1. The zero-order chi connectivity index (χ0) is 15.6. The molecule has 0 radical (unpaired) electrons. The smallest absolute Gasteiger partial charge is 0.404 e. The van der Waals surface area contributed by atoms with Crippen LogP contribution in [0.3, 0.4) is 0 Å². The van der Waals surface area contributed by atoms with Crippen LogP contribution < -0.4 is 10.5 Å². The predicted octanol–water partition coefficient (Wildman–Crippen LogP) is 2.43. The van der Waals surface area contributed by atoms with Gasteiger partial charge in [0.25, 0.3) is 0 Å². The second kappa shape index (κ2) is 4.01. The molecule has 2 aromatic heterocycles. The van der Waals surface area contributed by atoms with Crippen molar-refractivity contribution in [1.29, 1.82) is 0 Å². The Labute approximate surface area is 123 Å². The lowest BCUT2D eigenvalue weighted by molar-refractivity contribution is -0.274. The van der Waals surface area contributed by atoms with Gasteiger partial charge in [0.15, 0.2) is 0 Å². The first-order chi connectivity index (χ1) is 10.3. The Morgan fingerprint density at radius 2 is 1.91 bits per heavy atom. The number of pyridine rings is 1. The van der Waals surface area contributed by atoms with Crippen LogP contribution in [0.25, 0.3) is 11.3 Å². The number of hydrogen-bond donors (Lipinski definition) is 1. The van der Waals surface area contributed by atoms with E-state index < -0.39 is 6.36 Å². The van der Waals surface area contributed by atoms with Gasteiger partial charge in [0.05, 0.1) is 23.6 Å². The molecule has 0 aromatic carbocycles. The van der Waals surface area contributed by atoms with Crippen LogP contribution in [0.1, 0.15) is 19.3 Å². The summed E-state index contributed by atoms with van der Waals surface area (Å²) in [5.41, 5.74) is 7.37. The Morgan fingerprint density at radius 1 is 1.18 bits per heavy atom. The third-order valence-corrected chi connectivity index (χ3v) is 4.38. The Bertz CT molecular complexity index is 703. The largest absolute Gasteiger partial charge is 0.573 e. The first-order valence-corrected chi connectivity index (χ1v) is 6.83. The molecule has 0 atom stereocenters. The van der Waals surface area contributed by atoms with Crippen LogP contribution in [0.15, 0.2) is 30.7 Å². The average Bonchev–Trinajstić information content (AvgIpc) is 2.82. The molecule has 8 heteroatoms. The summed E-state index contributed by atoms with van der Waals surface area (Å²) in [5, 5.41) is 4.35. The van der Waals surface area contributed by atoms with Crippen LogP contribution in [0, 0.1) is 0 Å². The van der Waals surface area contributed by atoms with E-state index in [-0.39, 0.29) is 16.8 Å². The van der Waals surface area contributed by atoms with Crippen molar-refractivity contribution in [3.05, 3.63) is 30.7 Å². The van der Waals surface area contributed by atoms with Gasteiger partial charge < -0.3 is 10.5 Å². The summed E-state index contributed by atoms with van der Waals surface area (Å²) in [7, 11) is 0. The number of ether oxygens (including phenoxy) is 1. The zero-order valence-electron chi connectivity index (χ0n) is 11.5. The first-order valence-electron chi connectivity index (χ1n) is 6.83. The Balaban J connectivity index is 1.52. The van der Waals surface area contributed by atoms with Crippen LogP contribution in [-0.2, 0) is 5.54 Å². The molecule has 0 aliphatic heterocycles. The summed E-state index contributed by atoms with van der Waals surface area (Å²) >= 11 is 0. The number of rotatable bonds is 3. The first kappa shape index (κ1) is 13.6. The molecule has 2 aromatic rings. The van der Waals surface area contributed by atoms with Crippen molar-refractivity contribution >= 4 is 0 Å². The fourth-order valence-corrected chi connectivity index (χ4v) is 3.51. The fourth-order valence-electron chi connectivity index (χ4n) is 3.51. The van der Waals surface area contributed by atoms with Crippen molar-refractivity contribution in [2.24, 2.45) is 5.73 Å². The summed E-state index contributed by atoms with van der Waals surface area (Å²) in [6.07, 6.45) is 2.64. The van der Waals surface area contributed by atoms with Crippen molar-refractivity contribution in [2.45, 2.75) is 36.7 Å². The standard InChI is InChI=1S/C14H13F3N4O/c15-14(16,17)22-10-1-2-11(19-4-10)9-3-20-21(5-9)13-6-12(18,7-13)8-13/h1-5H,6-8,18H2. The van der Waals surface area contributed by atoms with Crippen LogP contribution in [0.2, 0.25) is 0 Å². The molecule has 0 saturated heterocycles. The van der Waals surface area contributed by atoms with E-state index in [1.807, 2.05) is 10.9 Å². The average molecular weight is 310 g/mol. The molecule has 116 valence electrons. The highest BCUT2D eigenvalue weighted by atomic mass is 19.4. The minimum atomic E-state index is -4.71. The quantitative estimate of drug-likeness (QED) is 0.945. The SMILES string of the molecule is NC12CC(n3cc(-c4ccc(OC(F)(F)F)cn4)cn3)(C1)C2. The number of nitrogens with two attached hydrogens (primary N) is 1. The molecule has 0 amide bonds. The lowest BCUT2D eigenvalue weighted by Gasteiger charge is -2.68. The molecule has 5 rings (SSSR count). The second-order valence-electron chi connectivity index (χ2n) is 6.22. The second-order valence-corrected chi connectivity index (χ2v) is 6.22. The van der Waals surface area contributed by atoms with Crippen LogP contribution in [0.4, 0.5) is 13.2 Å². The van der Waals surface area contributed by atoms with Crippen molar-refractivity contribution in [3.63, 3.8) is 0 Å². The highest BCUT2D eigenvalue weighted by molar-refractivity contribution is 5.57. The highest BCUT2D eigenvalue weighted by Crippen LogP contribution is 2.63. The van der Waals surface area contributed by atoms with Gasteiger partial charge in [-0.1, -0.05) is 0 Å². The van der Waals surface area contributed by atoms with Crippen molar-refractivity contribution in [2.75, 3.05) is 0 Å². The van der Waals surface area contributed by atoms with Gasteiger partial charge in [0.2, 0.25) is 0 Å². The van der Waals surface area contributed by atoms with Crippen molar-refractivity contribution in [1.82, 2.24) is 14.8 Å². The molecular formula is C14H13F3N4O. The molecule has 5 nitrogen and oxygen atoms in total. The summed E-state index contributed by atoms with van der Waals surface area (Å²) in [4.78, 5) is 4.00. The van der Waals surface area contributed by atoms with E-state index in [9.17, 15) is 13.2 Å². The van der Waals surface area contributed by atoms with E-state index in [2.05, 4.69) is 14.8 Å². The minimum Gasteiger partial charge on any atom is -0.404 e. The van der Waals surface area contributed by atoms with E-state index in [0.29, 0.717) is 5.69 Å². The topological polar surface area (TPSA) is 66.0 Å². The molecule has 3 aliphatic rings. The fraction of sp³-hybridized carbons (Fsp3) is 0.429. The normalized spacial score (nSPS) is 29.6. The minimum absolute atomic E-state index is 0.0130. The lowest BCUT2D eigenvalue weighted by Crippen LogP contribution is -2.76. The molecule has 3 aliphatic carbocycles. The maximum Gasteiger partial charge on any atom is 0.573 e. The van der Waals surface area contributed by atoms with Gasteiger partial charge in [0.1, 0.15) is 5.75 Å². The summed E-state index contributed by atoms with van der Waals surface area (Å²) in [6, 6.07) is 2.72. The van der Waals surface area contributed by atoms with E-state index in [1.165, 1.54) is 12.1 Å². The van der Waals surface area contributed by atoms with Crippen LogP contribution in [-0.4, -0.2) is 26.7 Å². The third-order valence-electron chi connectivity index (χ3n) is 4.38. The Hall–Kier alpha value is -2.09. The molecular weight excluding hydrogens is 297 g/mol. The van der Waals surface area contributed by atoms with Crippen molar-refractivity contribution in [3.8, 4) is 17.0 Å². The van der Waals surface area contributed by atoms with Gasteiger partial charge in [0, 0.05) is 17.3 Å². The number of aromatic nitrogens is 3. The van der Waals surface area contributed by atoms with E-state index in [1.54, 1.807) is 6.20 Å². The molecule has 3 fully saturated rings. The summed E-state index contributed by atoms with van der Waals surface area (Å²) in [5.74, 6) is -0.340. The summed E-state index contributed by atoms with van der Waals surface area (Å²) < 4.78 is 42.0. The number of halogens is 3. The molecule has 2 heterocycles. The molecule has 2 bridgehead atoms. The van der Waals surface area contributed by atoms with E-state index in [4.69, 9.17) is 5.73 Å². The molecule has 3 saturated carbocycles. The highest BCUT2D eigenvalue weighted by Gasteiger charge is 2.67. The third kappa shape index (κ3) is 2.06. The monoisotopic (exact) mass is 310 g/mol. The van der Waals surface area contributed by atoms with Crippen molar-refractivity contribution < 1.29 is 17.9 Å². The van der Waals surface area contributed by atoms with Crippen LogP contribution >= 0.6 is 0 Å². The van der Waals surface area contributed by atoms with Gasteiger partial charge in [-0.15, -0.1) is 13.2 Å². The number of nitrogens with zero attached hydrogens (tertiary/aromatic N) is 3. The Kier molecular flexibility index (Phi) is 2.47. The lowest BCUT2D eigenvalue weighted by atomic mass is 9.45. The molecule has 0 spiro atoms. The number of hydrogen-bond acceptors (Lipinski definition) is 4. The molecule has 2 N–H and O–H groups in total. The molecule has 22 heavy (non-hydrogen) atoms. The van der Waals surface area contributed by atoms with Gasteiger partial charge in [-0.3, -0.25) is 9.67 Å². The molecule has 0 unspecified atom stereocenters. The van der Waals surface area contributed by atoms with E-state index >= 15 is 0 Å². The Morgan fingerprint density at radius 3 is 2.45 bits per heavy atom. The van der Waals surface area contributed by atoms with Gasteiger partial charge in [-0.25, -0.2) is 0 Å². The van der Waals surface area contributed by atoms with Gasteiger partial charge >= 0.3 is 6.36 Å². The predicted molar refractivity (Wildman–Crippen MR) is 70.9 cm³/mol. The number of alkyl halides is 3. The maximum absolute atomic E-state index is 12.1. The van der Waals surface area contributed by atoms with E-state index in [0.717, 1.165) is 31.0 Å². The zero-order valence-corrected chi connectivity index (χ0v) is 11.5. The van der Waals surface area contributed by atoms with Gasteiger partial charge in [-0.2, -0.15) is 5.10 Å². The van der Waals surface area contributed by atoms with Gasteiger partial charge in [-0.05, 0) is 31.4 Å². The summed E-state index contributed by atoms with van der Waals surface area (Å²) in [6.45, 7) is 0. The van der Waals surface area contributed by atoms with Crippen LogP contribution in [0.5, 0.6) is 5.75 Å².